The standard InChI is InChI=1S/C18H24N4/c1-15-6-10-22(11-7-15)14-16-2-4-17(5-3-16)21-13-18-12-19-8-9-20-18/h2-5,8-9,12,15,21H,6-7,10-11,13-14H2,1H3. The normalized spacial score (nSPS) is 16.6. The summed E-state index contributed by atoms with van der Waals surface area (Å²) in [5.41, 5.74) is 3.47. The summed E-state index contributed by atoms with van der Waals surface area (Å²) >= 11 is 0. The van der Waals surface area contributed by atoms with Gasteiger partial charge in [0.1, 0.15) is 0 Å². The van der Waals surface area contributed by atoms with E-state index in [4.69, 9.17) is 0 Å². The molecule has 0 amide bonds. The highest BCUT2D eigenvalue weighted by Gasteiger charge is 2.15. The summed E-state index contributed by atoms with van der Waals surface area (Å²) in [6.45, 7) is 6.59. The SMILES string of the molecule is CC1CCN(Cc2ccc(NCc3cnccn3)cc2)CC1. The van der Waals surface area contributed by atoms with Crippen LogP contribution in [-0.2, 0) is 13.1 Å². The maximum Gasteiger partial charge on any atom is 0.0777 e. The zero-order valence-electron chi connectivity index (χ0n) is 13.2. The molecule has 1 saturated heterocycles. The molecule has 1 N–H and O–H groups in total. The summed E-state index contributed by atoms with van der Waals surface area (Å²) in [5.74, 6) is 0.893. The van der Waals surface area contributed by atoms with Gasteiger partial charge in [-0.05, 0) is 49.5 Å². The van der Waals surface area contributed by atoms with Crippen LogP contribution in [0, 0.1) is 5.92 Å². The minimum absolute atomic E-state index is 0.706. The Morgan fingerprint density at radius 1 is 1.14 bits per heavy atom. The third-order valence-corrected chi connectivity index (χ3v) is 4.33. The van der Waals surface area contributed by atoms with E-state index in [2.05, 4.69) is 51.4 Å². The molecule has 1 aliphatic rings. The van der Waals surface area contributed by atoms with Gasteiger partial charge in [-0.1, -0.05) is 19.1 Å². The molecule has 1 aromatic carbocycles. The van der Waals surface area contributed by atoms with Gasteiger partial charge in [-0.3, -0.25) is 14.9 Å². The topological polar surface area (TPSA) is 41.0 Å². The summed E-state index contributed by atoms with van der Waals surface area (Å²) < 4.78 is 0. The summed E-state index contributed by atoms with van der Waals surface area (Å²) in [6, 6.07) is 8.74. The molecule has 2 heterocycles. The van der Waals surface area contributed by atoms with Gasteiger partial charge in [0.2, 0.25) is 0 Å². The van der Waals surface area contributed by atoms with Crippen molar-refractivity contribution < 1.29 is 0 Å². The van der Waals surface area contributed by atoms with Crippen LogP contribution in [0.5, 0.6) is 0 Å². The molecule has 0 aliphatic carbocycles. The zero-order chi connectivity index (χ0) is 15.2. The first-order valence-corrected chi connectivity index (χ1v) is 8.09. The van der Waals surface area contributed by atoms with Crippen LogP contribution < -0.4 is 5.32 Å². The fourth-order valence-corrected chi connectivity index (χ4v) is 2.82. The second kappa shape index (κ2) is 7.36. The third kappa shape index (κ3) is 4.28. The van der Waals surface area contributed by atoms with Crippen LogP contribution in [0.3, 0.4) is 0 Å². The summed E-state index contributed by atoms with van der Waals surface area (Å²) in [7, 11) is 0. The van der Waals surface area contributed by atoms with E-state index < -0.39 is 0 Å². The first-order chi connectivity index (χ1) is 10.8. The van der Waals surface area contributed by atoms with Gasteiger partial charge >= 0.3 is 0 Å². The van der Waals surface area contributed by atoms with Gasteiger partial charge in [0.15, 0.2) is 0 Å². The van der Waals surface area contributed by atoms with Gasteiger partial charge in [-0.15, -0.1) is 0 Å². The second-order valence-corrected chi connectivity index (χ2v) is 6.21. The molecular weight excluding hydrogens is 272 g/mol. The smallest absolute Gasteiger partial charge is 0.0777 e. The Kier molecular flexibility index (Phi) is 5.01. The molecule has 116 valence electrons. The van der Waals surface area contributed by atoms with Gasteiger partial charge in [-0.25, -0.2) is 0 Å². The molecule has 1 aliphatic heterocycles. The van der Waals surface area contributed by atoms with E-state index >= 15 is 0 Å². The Balaban J connectivity index is 1.50. The zero-order valence-corrected chi connectivity index (χ0v) is 13.2. The second-order valence-electron chi connectivity index (χ2n) is 6.21. The van der Waals surface area contributed by atoms with E-state index in [9.17, 15) is 0 Å². The summed E-state index contributed by atoms with van der Waals surface area (Å²) in [5, 5.41) is 3.38. The van der Waals surface area contributed by atoms with Crippen molar-refractivity contribution in [2.24, 2.45) is 5.92 Å². The number of aromatic nitrogens is 2. The number of hydrogen-bond donors (Lipinski definition) is 1. The lowest BCUT2D eigenvalue weighted by Crippen LogP contribution is -2.32. The number of benzene rings is 1. The number of anilines is 1. The molecule has 0 radical (unpaired) electrons. The van der Waals surface area contributed by atoms with Crippen molar-refractivity contribution in [1.29, 1.82) is 0 Å². The van der Waals surface area contributed by atoms with Crippen molar-refractivity contribution >= 4 is 5.69 Å². The van der Waals surface area contributed by atoms with Crippen LogP contribution in [0.4, 0.5) is 5.69 Å². The molecule has 1 aromatic heterocycles. The van der Waals surface area contributed by atoms with Crippen molar-refractivity contribution in [3.63, 3.8) is 0 Å². The van der Waals surface area contributed by atoms with Crippen LogP contribution in [-0.4, -0.2) is 28.0 Å². The molecule has 0 saturated carbocycles. The Morgan fingerprint density at radius 2 is 1.91 bits per heavy atom. The fraction of sp³-hybridized carbons (Fsp3) is 0.444. The maximum absolute atomic E-state index is 4.26. The third-order valence-electron chi connectivity index (χ3n) is 4.33. The minimum Gasteiger partial charge on any atom is -0.379 e. The van der Waals surface area contributed by atoms with Gasteiger partial charge in [0, 0.05) is 24.6 Å². The Labute approximate surface area is 132 Å². The van der Waals surface area contributed by atoms with Crippen molar-refractivity contribution in [2.45, 2.75) is 32.9 Å². The molecule has 0 atom stereocenters. The number of likely N-dealkylation sites (tertiary alicyclic amines) is 1. The maximum atomic E-state index is 4.26. The van der Waals surface area contributed by atoms with Crippen LogP contribution in [0.2, 0.25) is 0 Å². The Hall–Kier alpha value is -1.94. The van der Waals surface area contributed by atoms with Crippen molar-refractivity contribution in [3.8, 4) is 0 Å². The number of nitrogens with zero attached hydrogens (tertiary/aromatic N) is 3. The fourth-order valence-electron chi connectivity index (χ4n) is 2.82. The number of nitrogens with one attached hydrogen (secondary N) is 1. The van der Waals surface area contributed by atoms with E-state index in [0.717, 1.165) is 23.8 Å². The molecular formula is C18H24N4. The highest BCUT2D eigenvalue weighted by Crippen LogP contribution is 2.19. The molecule has 0 bridgehead atoms. The molecule has 22 heavy (non-hydrogen) atoms. The van der Waals surface area contributed by atoms with E-state index in [1.54, 1.807) is 18.6 Å². The van der Waals surface area contributed by atoms with Crippen molar-refractivity contribution in [3.05, 3.63) is 54.1 Å². The van der Waals surface area contributed by atoms with Gasteiger partial charge in [0.25, 0.3) is 0 Å². The van der Waals surface area contributed by atoms with E-state index in [1.165, 1.54) is 31.5 Å². The van der Waals surface area contributed by atoms with Crippen molar-refractivity contribution in [1.82, 2.24) is 14.9 Å². The number of piperidine rings is 1. The van der Waals surface area contributed by atoms with E-state index in [-0.39, 0.29) is 0 Å². The van der Waals surface area contributed by atoms with Crippen LogP contribution in [0.1, 0.15) is 31.0 Å². The predicted octanol–water partition coefficient (Wildman–Crippen LogP) is 3.32. The lowest BCUT2D eigenvalue weighted by molar-refractivity contribution is 0.185. The first kappa shape index (κ1) is 15.0. The van der Waals surface area contributed by atoms with E-state index in [0.29, 0.717) is 6.54 Å². The van der Waals surface area contributed by atoms with Crippen molar-refractivity contribution in [2.75, 3.05) is 18.4 Å². The lowest BCUT2D eigenvalue weighted by atomic mass is 9.99. The predicted molar refractivity (Wildman–Crippen MR) is 89.5 cm³/mol. The quantitative estimate of drug-likeness (QED) is 0.919. The highest BCUT2D eigenvalue weighted by molar-refractivity contribution is 5.44. The van der Waals surface area contributed by atoms with Gasteiger partial charge in [-0.2, -0.15) is 0 Å². The minimum atomic E-state index is 0.706. The molecule has 4 nitrogen and oxygen atoms in total. The molecule has 0 spiro atoms. The number of rotatable bonds is 5. The molecule has 3 rings (SSSR count). The van der Waals surface area contributed by atoms with E-state index in [1.807, 2.05) is 0 Å². The van der Waals surface area contributed by atoms with Gasteiger partial charge < -0.3 is 5.32 Å². The summed E-state index contributed by atoms with van der Waals surface area (Å²) in [4.78, 5) is 10.9. The molecule has 0 unspecified atom stereocenters. The average Bonchev–Trinajstić information content (AvgIpc) is 2.57. The Bertz CT molecular complexity index is 559. The molecule has 1 fully saturated rings. The summed E-state index contributed by atoms with van der Waals surface area (Å²) in [6.07, 6.45) is 7.87. The molecule has 2 aromatic rings. The van der Waals surface area contributed by atoms with Crippen LogP contribution in [0.15, 0.2) is 42.9 Å². The largest absolute Gasteiger partial charge is 0.379 e. The highest BCUT2D eigenvalue weighted by atomic mass is 15.1. The molecule has 4 heteroatoms. The first-order valence-electron chi connectivity index (χ1n) is 8.09. The van der Waals surface area contributed by atoms with Crippen LogP contribution >= 0.6 is 0 Å². The van der Waals surface area contributed by atoms with Crippen LogP contribution in [0.25, 0.3) is 0 Å². The Morgan fingerprint density at radius 3 is 2.59 bits per heavy atom. The lowest BCUT2D eigenvalue weighted by Gasteiger charge is -2.30. The number of hydrogen-bond acceptors (Lipinski definition) is 4. The monoisotopic (exact) mass is 296 g/mol. The average molecular weight is 296 g/mol. The van der Waals surface area contributed by atoms with Gasteiger partial charge in [0.05, 0.1) is 18.4 Å².